The van der Waals surface area contributed by atoms with Crippen LogP contribution >= 0.6 is 0 Å². The van der Waals surface area contributed by atoms with Crippen LogP contribution in [0.1, 0.15) is 109 Å². The topological polar surface area (TPSA) is 171 Å². The Balaban J connectivity index is 0.819. The fraction of sp³-hybridized carbons (Fsp3) is 0.500. The van der Waals surface area contributed by atoms with Crippen molar-refractivity contribution in [1.29, 1.82) is 0 Å². The van der Waals surface area contributed by atoms with Crippen molar-refractivity contribution in [3.05, 3.63) is 82.8 Å². The summed E-state index contributed by atoms with van der Waals surface area (Å²) >= 11 is 0. The standard InChI is InChI=1S/C44H53F3N8O6/c1-43(2,60)31-23-34-29(22-35(31)50-40(57)33-10-5-11-37(49-33)44(45,46)47)26-55(52-34)30-14-12-27(13-15-30)24-53(3)19-7-21-61-20-6-18-48-32-9-4-8-28-25-54(42(59)39(28)32)36-16-17-38(56)51-41(36)58/h4-5,8-11,22-23,26-27,30,36,48,60H,6-7,12-21,24-25H2,1-3H3,(H,50,57)(H,51,56,58). The SMILES string of the molecule is CN(CCCOCCCNc1cccc2c1C(=O)N(C1CCC(=O)NC1=O)C2)CC1CCC(n2cc3cc(NC(=O)c4cccc(C(F)(F)F)n4)c(C(C)(C)O)cc3n2)CC1. The minimum atomic E-state index is -4.69. The monoisotopic (exact) mass is 846 g/mol. The van der Waals surface area contributed by atoms with E-state index in [1.807, 2.05) is 29.1 Å². The van der Waals surface area contributed by atoms with Crippen molar-refractivity contribution < 1.29 is 42.2 Å². The number of alkyl halides is 3. The third-order valence-corrected chi connectivity index (χ3v) is 11.8. The molecule has 2 fully saturated rings. The van der Waals surface area contributed by atoms with Crippen molar-refractivity contribution >= 4 is 45.9 Å². The predicted octanol–water partition coefficient (Wildman–Crippen LogP) is 6.26. The summed E-state index contributed by atoms with van der Waals surface area (Å²) in [6.45, 7) is 7.24. The Hall–Kier alpha value is -5.39. The van der Waals surface area contributed by atoms with E-state index in [0.717, 1.165) is 80.4 Å². The number of ether oxygens (including phenoxy) is 1. The van der Waals surface area contributed by atoms with Gasteiger partial charge in [-0.2, -0.15) is 18.3 Å². The number of rotatable bonds is 16. The van der Waals surface area contributed by atoms with E-state index in [0.29, 0.717) is 55.3 Å². The molecule has 4 amide bonds. The lowest BCUT2D eigenvalue weighted by Crippen LogP contribution is -2.52. The number of imide groups is 1. The van der Waals surface area contributed by atoms with Gasteiger partial charge in [-0.25, -0.2) is 4.98 Å². The number of nitrogens with zero attached hydrogens (tertiary/aromatic N) is 5. The molecular formula is C44H53F3N8O6. The highest BCUT2D eigenvalue weighted by Gasteiger charge is 2.40. The third kappa shape index (κ3) is 10.4. The molecule has 1 atom stereocenters. The zero-order valence-corrected chi connectivity index (χ0v) is 34.7. The highest BCUT2D eigenvalue weighted by Crippen LogP contribution is 2.37. The van der Waals surface area contributed by atoms with Gasteiger partial charge < -0.3 is 30.3 Å². The molecule has 1 saturated carbocycles. The van der Waals surface area contributed by atoms with Crippen LogP contribution in [0.2, 0.25) is 0 Å². The van der Waals surface area contributed by atoms with Crippen LogP contribution < -0.4 is 16.0 Å². The number of pyridine rings is 1. The van der Waals surface area contributed by atoms with Crippen molar-refractivity contribution in [2.75, 3.05) is 50.5 Å². The molecule has 14 nitrogen and oxygen atoms in total. The number of fused-ring (bicyclic) bond motifs is 2. The highest BCUT2D eigenvalue weighted by atomic mass is 19.4. The Morgan fingerprint density at radius 2 is 1.75 bits per heavy atom. The van der Waals surface area contributed by atoms with Gasteiger partial charge in [-0.05, 0) is 108 Å². The number of aliphatic hydroxyl groups is 1. The minimum absolute atomic E-state index is 0.186. The highest BCUT2D eigenvalue weighted by molar-refractivity contribution is 6.08. The van der Waals surface area contributed by atoms with Gasteiger partial charge >= 0.3 is 6.18 Å². The average Bonchev–Trinajstić information content (AvgIpc) is 3.79. The van der Waals surface area contributed by atoms with Crippen LogP contribution in [0.25, 0.3) is 10.9 Å². The molecule has 1 aliphatic carbocycles. The molecule has 4 heterocycles. The van der Waals surface area contributed by atoms with E-state index >= 15 is 0 Å². The number of carbonyl (C=O) groups is 4. The van der Waals surface area contributed by atoms with E-state index < -0.39 is 35.3 Å². The number of carbonyl (C=O) groups excluding carboxylic acids is 4. The van der Waals surface area contributed by atoms with E-state index in [4.69, 9.17) is 9.84 Å². The lowest BCUT2D eigenvalue weighted by molar-refractivity contribution is -0.141. The number of halogens is 3. The number of hydrogen-bond donors (Lipinski definition) is 4. The van der Waals surface area contributed by atoms with E-state index in [2.05, 4.69) is 32.9 Å². The maximum atomic E-state index is 13.3. The van der Waals surface area contributed by atoms with Crippen molar-refractivity contribution in [2.24, 2.45) is 5.92 Å². The summed E-state index contributed by atoms with van der Waals surface area (Å²) in [5, 5.41) is 24.9. The van der Waals surface area contributed by atoms with Crippen molar-refractivity contribution in [3.63, 3.8) is 0 Å². The van der Waals surface area contributed by atoms with E-state index in [1.165, 1.54) is 6.07 Å². The van der Waals surface area contributed by atoms with Crippen LogP contribution in [-0.4, -0.2) is 99.2 Å². The first-order chi connectivity index (χ1) is 29.0. The summed E-state index contributed by atoms with van der Waals surface area (Å²) in [5.74, 6) is -1.19. The van der Waals surface area contributed by atoms with E-state index in [-0.39, 0.29) is 35.7 Å². The lowest BCUT2D eigenvalue weighted by atomic mass is 9.86. The fourth-order valence-corrected chi connectivity index (χ4v) is 8.61. The van der Waals surface area contributed by atoms with Gasteiger partial charge in [0, 0.05) is 74.3 Å². The van der Waals surface area contributed by atoms with Crippen LogP contribution in [0, 0.1) is 5.92 Å². The van der Waals surface area contributed by atoms with Crippen LogP contribution in [0.15, 0.2) is 54.7 Å². The molecule has 1 saturated heterocycles. The molecule has 0 radical (unpaired) electrons. The van der Waals surface area contributed by atoms with E-state index in [1.54, 1.807) is 30.9 Å². The zero-order valence-electron chi connectivity index (χ0n) is 34.7. The van der Waals surface area contributed by atoms with E-state index in [9.17, 15) is 37.5 Å². The Morgan fingerprint density at radius 3 is 2.49 bits per heavy atom. The van der Waals surface area contributed by atoms with Gasteiger partial charge in [0.2, 0.25) is 11.8 Å². The Labute approximate surface area is 352 Å². The second-order valence-electron chi connectivity index (χ2n) is 16.9. The van der Waals surface area contributed by atoms with Gasteiger partial charge in [-0.3, -0.25) is 29.2 Å². The van der Waals surface area contributed by atoms with Crippen molar-refractivity contribution in [3.8, 4) is 0 Å². The smallest absolute Gasteiger partial charge is 0.386 e. The molecule has 2 aromatic carbocycles. The zero-order chi connectivity index (χ0) is 43.5. The lowest BCUT2D eigenvalue weighted by Gasteiger charge is -2.31. The Morgan fingerprint density at radius 1 is 1.00 bits per heavy atom. The molecule has 1 unspecified atom stereocenters. The van der Waals surface area contributed by atoms with Crippen LogP contribution in [0.5, 0.6) is 0 Å². The number of amides is 4. The second-order valence-corrected chi connectivity index (χ2v) is 16.9. The van der Waals surface area contributed by atoms with Crippen LogP contribution in [0.3, 0.4) is 0 Å². The fourth-order valence-electron chi connectivity index (χ4n) is 8.61. The molecule has 0 bridgehead atoms. The molecule has 4 aromatic rings. The molecule has 326 valence electrons. The van der Waals surface area contributed by atoms with Gasteiger partial charge in [0.15, 0.2) is 0 Å². The summed E-state index contributed by atoms with van der Waals surface area (Å²) < 4.78 is 47.6. The summed E-state index contributed by atoms with van der Waals surface area (Å²) in [7, 11) is 2.14. The van der Waals surface area contributed by atoms with Crippen molar-refractivity contribution in [2.45, 2.75) is 95.6 Å². The Bertz CT molecular complexity index is 2270. The summed E-state index contributed by atoms with van der Waals surface area (Å²) in [6, 6.07) is 11.8. The van der Waals surface area contributed by atoms with Gasteiger partial charge in [-0.15, -0.1) is 0 Å². The van der Waals surface area contributed by atoms with Gasteiger partial charge in [0.1, 0.15) is 17.4 Å². The first kappa shape index (κ1) is 43.7. The number of benzene rings is 2. The summed E-state index contributed by atoms with van der Waals surface area (Å²) in [4.78, 5) is 57.8. The van der Waals surface area contributed by atoms with Crippen molar-refractivity contribution in [1.82, 2.24) is 29.9 Å². The number of piperidine rings is 1. The molecule has 7 rings (SSSR count). The predicted molar refractivity (Wildman–Crippen MR) is 222 cm³/mol. The second kappa shape index (κ2) is 18.3. The van der Waals surface area contributed by atoms with Gasteiger partial charge in [0.05, 0.1) is 22.7 Å². The number of nitrogens with one attached hydrogen (secondary N) is 3. The number of anilines is 2. The molecule has 0 spiro atoms. The molecule has 2 aromatic heterocycles. The molecule has 17 heteroatoms. The summed E-state index contributed by atoms with van der Waals surface area (Å²) in [6.07, 6.45) is 3.42. The van der Waals surface area contributed by atoms with Crippen LogP contribution in [0.4, 0.5) is 24.5 Å². The Kier molecular flexibility index (Phi) is 13.1. The molecule has 2 aliphatic heterocycles. The largest absolute Gasteiger partial charge is 0.433 e. The van der Waals surface area contributed by atoms with Gasteiger partial charge in [0.25, 0.3) is 11.8 Å². The minimum Gasteiger partial charge on any atom is -0.386 e. The number of aromatic nitrogens is 3. The van der Waals surface area contributed by atoms with Gasteiger partial charge in [-0.1, -0.05) is 18.2 Å². The average molecular weight is 847 g/mol. The van der Waals surface area contributed by atoms with Crippen LogP contribution in [-0.2, 0) is 32.6 Å². The molecule has 61 heavy (non-hydrogen) atoms. The molecule has 3 aliphatic rings. The normalized spacial score (nSPS) is 19.7. The quantitative estimate of drug-likeness (QED) is 0.0746. The third-order valence-electron chi connectivity index (χ3n) is 11.8. The maximum absolute atomic E-state index is 13.3. The summed E-state index contributed by atoms with van der Waals surface area (Å²) in [5.41, 5.74) is 0.548. The molecule has 4 N–H and O–H groups in total. The number of hydrogen-bond acceptors (Lipinski definition) is 10. The molecular weight excluding hydrogens is 794 g/mol. The first-order valence-corrected chi connectivity index (χ1v) is 20.9. The maximum Gasteiger partial charge on any atom is 0.433 e. The first-order valence-electron chi connectivity index (χ1n) is 20.9.